The zero-order valence-electron chi connectivity index (χ0n) is 14.6. The Labute approximate surface area is 143 Å². The Balaban J connectivity index is 2.62. The second-order valence-corrected chi connectivity index (χ2v) is 8.60. The zero-order chi connectivity index (χ0) is 18.3. The molecule has 1 amide bonds. The second-order valence-electron chi connectivity index (χ2n) is 6.37. The van der Waals surface area contributed by atoms with Gasteiger partial charge in [-0.1, -0.05) is 19.9 Å². The number of hydrogen-bond donors (Lipinski definition) is 0. The van der Waals surface area contributed by atoms with Crippen LogP contribution in [-0.2, 0) is 28.9 Å². The van der Waals surface area contributed by atoms with E-state index in [1.165, 1.54) is 17.9 Å². The van der Waals surface area contributed by atoms with Crippen LogP contribution in [0.4, 0.5) is 0 Å². The van der Waals surface area contributed by atoms with Gasteiger partial charge in [0.2, 0.25) is 0 Å². The van der Waals surface area contributed by atoms with E-state index in [4.69, 9.17) is 9.47 Å². The molecule has 8 heteroatoms. The van der Waals surface area contributed by atoms with E-state index in [2.05, 4.69) is 6.58 Å². The van der Waals surface area contributed by atoms with Crippen molar-refractivity contribution in [1.29, 1.82) is 0 Å². The molecule has 1 heterocycles. The van der Waals surface area contributed by atoms with Crippen LogP contribution >= 0.6 is 0 Å². The SMILES string of the molecule is C=CCOC(C)C(=O)OCC(=O)N(CC(C)C)C1CCS(=O)(=O)C1. The number of carbonyl (C=O) groups excluding carboxylic acids is 2. The minimum absolute atomic E-state index is 0.0295. The van der Waals surface area contributed by atoms with Gasteiger partial charge in [-0.15, -0.1) is 6.58 Å². The molecule has 1 saturated heterocycles. The van der Waals surface area contributed by atoms with Crippen molar-refractivity contribution in [2.45, 2.75) is 39.3 Å². The summed E-state index contributed by atoms with van der Waals surface area (Å²) in [6.45, 7) is 9.14. The highest BCUT2D eigenvalue weighted by atomic mass is 32.2. The van der Waals surface area contributed by atoms with Crippen molar-refractivity contribution in [3.8, 4) is 0 Å². The minimum atomic E-state index is -3.10. The van der Waals surface area contributed by atoms with Crippen molar-refractivity contribution < 1.29 is 27.5 Å². The lowest BCUT2D eigenvalue weighted by atomic mass is 10.1. The largest absolute Gasteiger partial charge is 0.454 e. The Bertz CT molecular complexity index is 557. The molecule has 0 aliphatic carbocycles. The van der Waals surface area contributed by atoms with Crippen molar-refractivity contribution in [3.05, 3.63) is 12.7 Å². The van der Waals surface area contributed by atoms with Crippen molar-refractivity contribution >= 4 is 21.7 Å². The molecule has 0 aromatic heterocycles. The van der Waals surface area contributed by atoms with Crippen molar-refractivity contribution in [3.63, 3.8) is 0 Å². The molecular weight excluding hydrogens is 334 g/mol. The first-order chi connectivity index (χ1) is 11.2. The fourth-order valence-corrected chi connectivity index (χ4v) is 4.21. The van der Waals surface area contributed by atoms with E-state index in [0.717, 1.165) is 0 Å². The summed E-state index contributed by atoms with van der Waals surface area (Å²) < 4.78 is 33.5. The number of sulfone groups is 1. The van der Waals surface area contributed by atoms with Gasteiger partial charge in [0.1, 0.15) is 0 Å². The highest BCUT2D eigenvalue weighted by Gasteiger charge is 2.35. The number of hydrogen-bond acceptors (Lipinski definition) is 6. The Morgan fingerprint density at radius 1 is 1.33 bits per heavy atom. The first-order valence-corrected chi connectivity index (χ1v) is 9.87. The summed E-state index contributed by atoms with van der Waals surface area (Å²) >= 11 is 0. The van der Waals surface area contributed by atoms with Crippen LogP contribution < -0.4 is 0 Å². The molecule has 1 rings (SSSR count). The number of esters is 1. The summed E-state index contributed by atoms with van der Waals surface area (Å²) in [4.78, 5) is 25.7. The Hall–Kier alpha value is -1.41. The number of nitrogens with zero attached hydrogens (tertiary/aromatic N) is 1. The molecule has 1 fully saturated rings. The maximum atomic E-state index is 12.4. The van der Waals surface area contributed by atoms with Gasteiger partial charge in [0, 0.05) is 12.6 Å². The Morgan fingerprint density at radius 2 is 2.00 bits per heavy atom. The third-order valence-electron chi connectivity index (χ3n) is 3.67. The highest BCUT2D eigenvalue weighted by Crippen LogP contribution is 2.19. The molecule has 1 aliphatic heterocycles. The Kier molecular flexibility index (Phi) is 7.89. The van der Waals surface area contributed by atoms with Crippen molar-refractivity contribution in [2.75, 3.05) is 31.3 Å². The average molecular weight is 361 g/mol. The van der Waals surface area contributed by atoms with Crippen LogP contribution in [0.2, 0.25) is 0 Å². The van der Waals surface area contributed by atoms with Gasteiger partial charge < -0.3 is 14.4 Å². The topological polar surface area (TPSA) is 90.0 Å². The van der Waals surface area contributed by atoms with Crippen LogP contribution in [0.5, 0.6) is 0 Å². The molecule has 2 atom stereocenters. The lowest BCUT2D eigenvalue weighted by molar-refractivity contribution is -0.161. The van der Waals surface area contributed by atoms with Crippen LogP contribution in [0.15, 0.2) is 12.7 Å². The minimum Gasteiger partial charge on any atom is -0.454 e. The van der Waals surface area contributed by atoms with E-state index in [1.54, 1.807) is 0 Å². The second kappa shape index (κ2) is 9.17. The van der Waals surface area contributed by atoms with Gasteiger partial charge >= 0.3 is 5.97 Å². The van der Waals surface area contributed by atoms with Gasteiger partial charge in [0.15, 0.2) is 22.5 Å². The number of rotatable bonds is 9. The van der Waals surface area contributed by atoms with E-state index in [9.17, 15) is 18.0 Å². The van der Waals surface area contributed by atoms with Gasteiger partial charge in [-0.05, 0) is 19.3 Å². The molecule has 0 N–H and O–H groups in total. The maximum Gasteiger partial charge on any atom is 0.335 e. The summed E-state index contributed by atoms with van der Waals surface area (Å²) in [7, 11) is -3.10. The van der Waals surface area contributed by atoms with Crippen LogP contribution in [0.25, 0.3) is 0 Å². The van der Waals surface area contributed by atoms with E-state index >= 15 is 0 Å². The van der Waals surface area contributed by atoms with E-state index in [1.807, 2.05) is 13.8 Å². The predicted molar refractivity (Wildman–Crippen MR) is 90.2 cm³/mol. The molecule has 2 unspecified atom stereocenters. The molecule has 0 radical (unpaired) electrons. The van der Waals surface area contributed by atoms with Gasteiger partial charge in [-0.25, -0.2) is 13.2 Å². The summed E-state index contributed by atoms with van der Waals surface area (Å²) in [5, 5.41) is 0. The molecule has 0 aromatic rings. The first kappa shape index (κ1) is 20.6. The molecule has 7 nitrogen and oxygen atoms in total. The number of carbonyl (C=O) groups is 2. The van der Waals surface area contributed by atoms with Gasteiger partial charge in [0.25, 0.3) is 5.91 Å². The molecule has 138 valence electrons. The molecule has 1 aliphatic rings. The average Bonchev–Trinajstić information content (AvgIpc) is 2.87. The predicted octanol–water partition coefficient (Wildman–Crippen LogP) is 0.792. The van der Waals surface area contributed by atoms with Gasteiger partial charge in [-0.2, -0.15) is 0 Å². The van der Waals surface area contributed by atoms with Crippen molar-refractivity contribution in [1.82, 2.24) is 4.90 Å². The van der Waals surface area contributed by atoms with E-state index in [-0.39, 0.29) is 36.0 Å². The molecule has 0 aromatic carbocycles. The quantitative estimate of drug-likeness (QED) is 0.446. The van der Waals surface area contributed by atoms with Gasteiger partial charge in [0.05, 0.1) is 18.1 Å². The smallest absolute Gasteiger partial charge is 0.335 e. The van der Waals surface area contributed by atoms with Crippen LogP contribution in [0, 0.1) is 5.92 Å². The summed E-state index contributed by atoms with van der Waals surface area (Å²) in [6, 6.07) is -0.349. The van der Waals surface area contributed by atoms with Crippen LogP contribution in [0.3, 0.4) is 0 Å². The maximum absolute atomic E-state index is 12.4. The first-order valence-electron chi connectivity index (χ1n) is 8.05. The fraction of sp³-hybridized carbons (Fsp3) is 0.750. The van der Waals surface area contributed by atoms with Crippen LogP contribution in [-0.4, -0.2) is 68.6 Å². The third kappa shape index (κ3) is 6.60. The van der Waals surface area contributed by atoms with Crippen molar-refractivity contribution in [2.24, 2.45) is 5.92 Å². The third-order valence-corrected chi connectivity index (χ3v) is 5.42. The molecular formula is C16H27NO6S. The van der Waals surface area contributed by atoms with Gasteiger partial charge in [-0.3, -0.25) is 4.79 Å². The van der Waals surface area contributed by atoms with E-state index < -0.39 is 28.5 Å². The van der Waals surface area contributed by atoms with Crippen LogP contribution in [0.1, 0.15) is 27.2 Å². The zero-order valence-corrected chi connectivity index (χ0v) is 15.4. The monoisotopic (exact) mass is 361 g/mol. The summed E-state index contributed by atoms with van der Waals surface area (Å²) in [6.07, 6.45) is 1.15. The standard InChI is InChI=1S/C16H27NO6S/c1-5-7-22-13(4)16(19)23-10-15(18)17(9-12(2)3)14-6-8-24(20,21)11-14/h5,12-14H,1,6-11H2,2-4H3. The number of ether oxygens (including phenoxy) is 2. The van der Waals surface area contributed by atoms with E-state index in [0.29, 0.717) is 13.0 Å². The number of amides is 1. The normalized spacial score (nSPS) is 20.6. The molecule has 0 bridgehead atoms. The molecule has 24 heavy (non-hydrogen) atoms. The lowest BCUT2D eigenvalue weighted by Gasteiger charge is -2.29. The molecule has 0 spiro atoms. The fourth-order valence-electron chi connectivity index (χ4n) is 2.48. The summed E-state index contributed by atoms with van der Waals surface area (Å²) in [5.74, 6) is -0.768. The Morgan fingerprint density at radius 3 is 2.50 bits per heavy atom. The summed E-state index contributed by atoms with van der Waals surface area (Å²) in [5.41, 5.74) is 0. The highest BCUT2D eigenvalue weighted by molar-refractivity contribution is 7.91. The molecule has 0 saturated carbocycles. The lowest BCUT2D eigenvalue weighted by Crippen LogP contribution is -2.45.